The van der Waals surface area contributed by atoms with E-state index in [4.69, 9.17) is 41.6 Å². The maximum atomic E-state index is 12.3. The van der Waals surface area contributed by atoms with Gasteiger partial charge < -0.3 is 99.5 Å². The maximum Gasteiger partial charge on any atom is 0.510 e. The molecule has 7 saturated heterocycles. The van der Waals surface area contributed by atoms with Gasteiger partial charge in [-0.3, -0.25) is 0 Å². The van der Waals surface area contributed by atoms with E-state index in [0.29, 0.717) is 5.56 Å². The lowest BCUT2D eigenvalue weighted by molar-refractivity contribution is -0.209. The van der Waals surface area contributed by atoms with Crippen LogP contribution in [0, 0.1) is 61.7 Å². The number of carbonyl (C=O) groups is 14. The first-order valence-corrected chi connectivity index (χ1v) is 25.8. The zero-order chi connectivity index (χ0) is 74.2. The summed E-state index contributed by atoms with van der Waals surface area (Å²) in [6.45, 7) is 5.87. The largest absolute Gasteiger partial charge is 0.510 e. The van der Waals surface area contributed by atoms with Gasteiger partial charge in [-0.15, -0.1) is 32.1 Å². The highest BCUT2D eigenvalue weighted by molar-refractivity contribution is 5.85. The Bertz CT molecular complexity index is 3330. The van der Waals surface area contributed by atoms with Gasteiger partial charge in [0, 0.05) is 0 Å². The number of halogens is 6. The fraction of sp³-hybridized carbons (Fsp3) is 0.404. The second-order valence-corrected chi connectivity index (χ2v) is 17.2. The van der Waals surface area contributed by atoms with E-state index in [1.165, 1.54) is 33.5 Å². The second kappa shape index (κ2) is 39.1. The van der Waals surface area contributed by atoms with Crippen molar-refractivity contribution >= 4 is 84.9 Å². The average Bonchev–Trinajstić information content (AvgIpc) is 1.67. The van der Waals surface area contributed by atoms with E-state index in [0.717, 1.165) is 7.11 Å². The molecule has 98 heavy (non-hydrogen) atoms. The molecule has 14 unspecified atom stereocenters. The SMILES string of the molecule is C#CC1OC(=O)OC1C(=O)OC.C#CCOC(=O)C1OC(=O)OC1C#C.C#CCOC(=O)C1OC(=O)OC1C(F)(F)F.C#CCOC(=O)C1OC(=O)OC1C=C.C=CC1OC(=O)OC1C(=O)OC.COC(=O)C1OC(=O)OC1C(F)(F)F.COC(=O)C1OC(=O)OC1c1ccccc1. The Balaban J connectivity index is 0.000000390. The number of esters is 7. The second-order valence-electron chi connectivity index (χ2n) is 17.2. The first kappa shape index (κ1) is 81.4. The van der Waals surface area contributed by atoms with E-state index in [-0.39, 0.29) is 13.2 Å². The van der Waals surface area contributed by atoms with Crippen LogP contribution in [0.5, 0.6) is 0 Å². The van der Waals surface area contributed by atoms with Crippen LogP contribution >= 0.6 is 0 Å². The molecule has 7 aliphatic rings. The lowest BCUT2D eigenvalue weighted by atomic mass is 10.0. The van der Waals surface area contributed by atoms with Crippen LogP contribution in [-0.4, -0.2) is 225 Å². The smallest absolute Gasteiger partial charge is 0.466 e. The van der Waals surface area contributed by atoms with Gasteiger partial charge in [-0.1, -0.05) is 73.1 Å². The maximum absolute atomic E-state index is 12.3. The standard InChI is InChI=1S/C11H10O5.C9H8O5.C9H6O5.C8H5F3O5.C7H8O5.C7H6O5.C6H5F3O5/c1-14-10(12)9-8(15-11(13)16-9)7-5-3-2-4-6-7;2*1-3-5-12-8(10)7-6(4-2)13-9(11)14-7;1-2-3-14-6(12)4-5(8(9,10)11)16-7(13)15-4;2*1-3-4-5(6(8)10-2)12-7(9)11-4;1-12-4(10)2-3(6(7,8)9)14-5(11)13-2/h2-6,8-9H,1H3;1,4,6-7H,2,5H2;1-2,6-7H,5H2;1,4-5H,3H2;3-5H,1H2,2H3;1,4-5H,2H3;2-3H,1H3. The van der Waals surface area contributed by atoms with Crippen molar-refractivity contribution in [2.75, 3.05) is 48.3 Å². The number of hydrogen-bond donors (Lipinski definition) is 0. The number of carbonyl (C=O) groups excluding carboxylic acids is 14. The molecule has 528 valence electrons. The molecule has 0 amide bonds. The quantitative estimate of drug-likeness (QED) is 0.0900. The normalized spacial score (nSPS) is 25.1. The average molecular weight is 1410 g/mol. The molecule has 7 aliphatic heterocycles. The zero-order valence-corrected chi connectivity index (χ0v) is 50.1. The van der Waals surface area contributed by atoms with Crippen LogP contribution in [0.25, 0.3) is 0 Å². The highest BCUT2D eigenvalue weighted by Crippen LogP contribution is 2.34. The van der Waals surface area contributed by atoms with Crippen molar-refractivity contribution in [2.24, 2.45) is 0 Å². The highest BCUT2D eigenvalue weighted by Gasteiger charge is 2.59. The first-order valence-electron chi connectivity index (χ1n) is 25.8. The third kappa shape index (κ3) is 24.6. The minimum Gasteiger partial charge on any atom is -0.466 e. The number of terminal acetylenes is 5. The van der Waals surface area contributed by atoms with Crippen molar-refractivity contribution < 1.29 is 193 Å². The molecular weight excluding hydrogens is 1360 g/mol. The summed E-state index contributed by atoms with van der Waals surface area (Å²) < 4.78 is 165. The van der Waals surface area contributed by atoms with Crippen LogP contribution in [0.1, 0.15) is 11.7 Å². The van der Waals surface area contributed by atoms with Gasteiger partial charge in [-0.2, -0.15) is 26.3 Å². The summed E-state index contributed by atoms with van der Waals surface area (Å²) in [5.74, 6) is 4.02. The molecule has 0 saturated carbocycles. The third-order valence-electron chi connectivity index (χ3n) is 11.0. The lowest BCUT2D eigenvalue weighted by Crippen LogP contribution is -2.42. The summed E-state index contributed by atoms with van der Waals surface area (Å²) in [5, 5.41) is 0. The fourth-order valence-corrected chi connectivity index (χ4v) is 6.76. The van der Waals surface area contributed by atoms with Crippen molar-refractivity contribution in [3.05, 3.63) is 61.2 Å². The molecule has 41 heteroatoms. The van der Waals surface area contributed by atoms with Crippen LogP contribution in [0.4, 0.5) is 59.9 Å². The van der Waals surface area contributed by atoms with Gasteiger partial charge >= 0.3 is 97.2 Å². The molecule has 0 aliphatic carbocycles. The molecule has 7 heterocycles. The van der Waals surface area contributed by atoms with Crippen LogP contribution in [0.15, 0.2) is 55.6 Å². The van der Waals surface area contributed by atoms with Gasteiger partial charge in [-0.25, -0.2) is 67.1 Å². The fourth-order valence-electron chi connectivity index (χ4n) is 6.76. The molecule has 0 spiro atoms. The summed E-state index contributed by atoms with van der Waals surface area (Å²) in [6.07, 6.45) is -9.76. The van der Waals surface area contributed by atoms with E-state index in [1.54, 1.807) is 24.3 Å². The summed E-state index contributed by atoms with van der Waals surface area (Å²) in [7, 11) is 4.48. The number of benzene rings is 1. The van der Waals surface area contributed by atoms with E-state index >= 15 is 0 Å². The van der Waals surface area contributed by atoms with Crippen molar-refractivity contribution in [1.29, 1.82) is 0 Å². The lowest BCUT2D eigenvalue weighted by Gasteiger charge is -2.16. The first-order chi connectivity index (χ1) is 46.2. The molecule has 0 aromatic heterocycles. The summed E-state index contributed by atoms with van der Waals surface area (Å²) in [6, 6.07) is 8.91. The monoisotopic (exact) mass is 1410 g/mol. The molecule has 1 aromatic rings. The minimum atomic E-state index is -4.91. The van der Waals surface area contributed by atoms with Crippen LogP contribution in [0.3, 0.4) is 0 Å². The van der Waals surface area contributed by atoms with Gasteiger partial charge in [0.15, 0.2) is 38.1 Å². The summed E-state index contributed by atoms with van der Waals surface area (Å²) >= 11 is 0. The Labute approximate surface area is 545 Å². The van der Waals surface area contributed by atoms with Gasteiger partial charge in [-0.05, 0) is 17.7 Å². The van der Waals surface area contributed by atoms with Crippen LogP contribution < -0.4 is 0 Å². The molecular formula is C57H48F6O35. The molecule has 14 atom stereocenters. The van der Waals surface area contributed by atoms with Crippen LogP contribution in [-0.2, 0) is 133 Å². The molecule has 0 N–H and O–H groups in total. The van der Waals surface area contributed by atoms with E-state index in [9.17, 15) is 93.5 Å². The molecule has 35 nitrogen and oxygen atoms in total. The predicted molar refractivity (Wildman–Crippen MR) is 289 cm³/mol. The molecule has 0 bridgehead atoms. The molecule has 1 aromatic carbocycles. The van der Waals surface area contributed by atoms with Crippen molar-refractivity contribution in [3.8, 4) is 61.7 Å². The number of hydrogen-bond acceptors (Lipinski definition) is 35. The topological polar surface area (TPSA) is 433 Å². The number of cyclic esters (lactones) is 14. The van der Waals surface area contributed by atoms with Gasteiger partial charge in [0.2, 0.25) is 67.1 Å². The van der Waals surface area contributed by atoms with Crippen LogP contribution in [0.2, 0.25) is 0 Å². The van der Waals surface area contributed by atoms with Crippen molar-refractivity contribution in [3.63, 3.8) is 0 Å². The third-order valence-corrected chi connectivity index (χ3v) is 11.0. The molecule has 0 radical (unpaired) electrons. The summed E-state index contributed by atoms with van der Waals surface area (Å²) in [4.78, 5) is 151. The molecule has 7 fully saturated rings. The van der Waals surface area contributed by atoms with Gasteiger partial charge in [0.1, 0.15) is 0 Å². The van der Waals surface area contributed by atoms with E-state index < -0.39 is 189 Å². The number of ether oxygens (including phenoxy) is 21. The number of alkyl halides is 6. The number of rotatable bonds is 13. The molecule has 8 rings (SSSR count). The van der Waals surface area contributed by atoms with Crippen molar-refractivity contribution in [1.82, 2.24) is 0 Å². The number of methoxy groups -OCH3 is 4. The van der Waals surface area contributed by atoms with Crippen molar-refractivity contribution in [2.45, 2.75) is 97.8 Å². The van der Waals surface area contributed by atoms with E-state index in [2.05, 4.69) is 127 Å². The Morgan fingerprint density at radius 3 is 1.04 bits per heavy atom. The minimum absolute atomic E-state index is 0.170. The van der Waals surface area contributed by atoms with Gasteiger partial charge in [0.05, 0.1) is 28.4 Å². The Morgan fingerprint density at radius 2 is 0.673 bits per heavy atom. The highest BCUT2D eigenvalue weighted by atomic mass is 19.4. The van der Waals surface area contributed by atoms with Gasteiger partial charge in [0.25, 0.3) is 0 Å². The zero-order valence-electron chi connectivity index (χ0n) is 50.1. The van der Waals surface area contributed by atoms with E-state index in [1.807, 2.05) is 12.0 Å². The summed E-state index contributed by atoms with van der Waals surface area (Å²) in [5.41, 5.74) is 0.698. The Morgan fingerprint density at radius 1 is 0.398 bits per heavy atom. The predicted octanol–water partition coefficient (Wildman–Crippen LogP) is 2.59. The Hall–Kier alpha value is -12.7. The Kier molecular flexibility index (Phi) is 32.4.